The Morgan fingerprint density at radius 1 is 0.871 bits per heavy atom. The van der Waals surface area contributed by atoms with Gasteiger partial charge >= 0.3 is 0 Å². The van der Waals surface area contributed by atoms with Crippen LogP contribution < -0.4 is 19.9 Å². The van der Waals surface area contributed by atoms with Gasteiger partial charge in [-0.2, -0.15) is 0 Å². The molecular weight excluding hydrogens is 392 g/mol. The van der Waals surface area contributed by atoms with E-state index in [1.165, 1.54) is 0 Å². The number of anilines is 1. The summed E-state index contributed by atoms with van der Waals surface area (Å²) >= 11 is 0. The molecule has 0 fully saturated rings. The Kier molecular flexibility index (Phi) is 9.50. The third-order valence-electron chi connectivity index (χ3n) is 4.95. The molecule has 6 heteroatoms. The average molecular weight is 429 g/mol. The molecular formula is C25H36N2O4. The molecule has 0 bridgehead atoms. The average Bonchev–Trinajstić information content (AvgIpc) is 2.73. The van der Waals surface area contributed by atoms with Crippen molar-refractivity contribution in [3.8, 4) is 17.2 Å². The molecule has 0 atom stereocenters. The summed E-state index contributed by atoms with van der Waals surface area (Å²) in [4.78, 5) is 14.8. The van der Waals surface area contributed by atoms with Gasteiger partial charge in [0, 0.05) is 23.3 Å². The Labute approximate surface area is 186 Å². The second-order valence-electron chi connectivity index (χ2n) is 8.09. The smallest absolute Gasteiger partial charge is 0.254 e. The zero-order valence-corrected chi connectivity index (χ0v) is 19.4. The van der Waals surface area contributed by atoms with Crippen molar-refractivity contribution >= 4 is 11.6 Å². The predicted molar refractivity (Wildman–Crippen MR) is 125 cm³/mol. The van der Waals surface area contributed by atoms with Gasteiger partial charge in [0.1, 0.15) is 5.75 Å². The van der Waals surface area contributed by atoms with Crippen LogP contribution in [0.25, 0.3) is 0 Å². The lowest BCUT2D eigenvalue weighted by molar-refractivity contribution is 0.0643. The molecule has 2 aromatic carbocycles. The minimum Gasteiger partial charge on any atom is -0.494 e. The van der Waals surface area contributed by atoms with E-state index in [9.17, 15) is 4.79 Å². The lowest BCUT2D eigenvalue weighted by Gasteiger charge is -2.31. The van der Waals surface area contributed by atoms with Crippen LogP contribution in [0.1, 0.15) is 57.3 Å². The Morgan fingerprint density at radius 3 is 2.06 bits per heavy atom. The summed E-state index contributed by atoms with van der Waals surface area (Å²) in [6.07, 6.45) is 2.84. The summed E-state index contributed by atoms with van der Waals surface area (Å²) in [5.41, 5.74) is 7.00. The maximum absolute atomic E-state index is 12.9. The highest BCUT2D eigenvalue weighted by molar-refractivity contribution is 5.95. The first-order valence-corrected chi connectivity index (χ1v) is 10.9. The summed E-state index contributed by atoms with van der Waals surface area (Å²) in [5.74, 6) is 2.05. The second kappa shape index (κ2) is 12.1. The lowest BCUT2D eigenvalue weighted by atomic mass is 10.1. The molecule has 6 nitrogen and oxygen atoms in total. The number of hydrogen-bond acceptors (Lipinski definition) is 5. The van der Waals surface area contributed by atoms with Crippen molar-refractivity contribution in [1.29, 1.82) is 0 Å². The van der Waals surface area contributed by atoms with Crippen molar-refractivity contribution in [3.05, 3.63) is 48.0 Å². The zero-order chi connectivity index (χ0) is 22.8. The number of amides is 1. The molecule has 0 aromatic heterocycles. The Bertz CT molecular complexity index is 811. The molecule has 0 aliphatic heterocycles. The van der Waals surface area contributed by atoms with Crippen molar-refractivity contribution in [1.82, 2.24) is 4.90 Å². The number of ether oxygens (including phenoxy) is 3. The molecule has 0 aliphatic rings. The number of nitrogens with zero attached hydrogens (tertiary/aromatic N) is 1. The molecule has 0 unspecified atom stereocenters. The van der Waals surface area contributed by atoms with E-state index >= 15 is 0 Å². The topological polar surface area (TPSA) is 74.0 Å². The van der Waals surface area contributed by atoms with Crippen LogP contribution >= 0.6 is 0 Å². The van der Waals surface area contributed by atoms with Crippen LogP contribution in [-0.4, -0.2) is 43.2 Å². The molecule has 2 N–H and O–H groups in total. The van der Waals surface area contributed by atoms with Crippen LogP contribution in [0.3, 0.4) is 0 Å². The highest BCUT2D eigenvalue weighted by Gasteiger charge is 2.22. The van der Waals surface area contributed by atoms with E-state index < -0.39 is 0 Å². The summed E-state index contributed by atoms with van der Waals surface area (Å²) in [7, 11) is 1.59. The largest absolute Gasteiger partial charge is 0.494 e. The molecule has 2 rings (SSSR count). The first kappa shape index (κ1) is 24.4. The Morgan fingerprint density at radius 2 is 1.48 bits per heavy atom. The molecule has 170 valence electrons. The number of methoxy groups -OCH3 is 1. The number of nitrogens with two attached hydrogens (primary N) is 1. The van der Waals surface area contributed by atoms with Crippen molar-refractivity contribution in [2.24, 2.45) is 0 Å². The van der Waals surface area contributed by atoms with Crippen LogP contribution in [0.2, 0.25) is 0 Å². The number of nitrogen functional groups attached to an aromatic ring is 1. The van der Waals surface area contributed by atoms with Gasteiger partial charge in [0.2, 0.25) is 0 Å². The van der Waals surface area contributed by atoms with E-state index in [0.29, 0.717) is 30.3 Å². The quantitative estimate of drug-likeness (QED) is 0.373. The van der Waals surface area contributed by atoms with Gasteiger partial charge in [-0.05, 0) is 89.4 Å². The summed E-state index contributed by atoms with van der Waals surface area (Å²) in [6, 6.07) is 13.0. The predicted octanol–water partition coefficient (Wildman–Crippen LogP) is 5.16. The zero-order valence-electron chi connectivity index (χ0n) is 19.4. The first-order chi connectivity index (χ1) is 14.8. The maximum atomic E-state index is 12.9. The van der Waals surface area contributed by atoms with E-state index in [4.69, 9.17) is 19.9 Å². The fourth-order valence-corrected chi connectivity index (χ4v) is 3.45. The molecule has 0 saturated heterocycles. The second-order valence-corrected chi connectivity index (χ2v) is 8.09. The van der Waals surface area contributed by atoms with Gasteiger partial charge in [-0.3, -0.25) is 4.79 Å². The lowest BCUT2D eigenvalue weighted by Crippen LogP contribution is -2.42. The van der Waals surface area contributed by atoms with Crippen LogP contribution in [0.4, 0.5) is 5.69 Å². The third-order valence-corrected chi connectivity index (χ3v) is 4.95. The fraction of sp³-hybridized carbons (Fsp3) is 0.480. The van der Waals surface area contributed by atoms with E-state index in [0.717, 1.165) is 30.7 Å². The van der Waals surface area contributed by atoms with Crippen molar-refractivity contribution < 1.29 is 19.0 Å². The summed E-state index contributed by atoms with van der Waals surface area (Å²) in [6.45, 7) is 9.32. The Hall–Kier alpha value is -2.89. The summed E-state index contributed by atoms with van der Waals surface area (Å²) < 4.78 is 17.1. The SMILES string of the molecule is COc1cc(C(=O)N(C(C)C)C(C)C)ccc1OCCCCCOc1ccc(N)cc1. The van der Waals surface area contributed by atoms with Gasteiger partial charge in [-0.1, -0.05) is 0 Å². The standard InChI is InChI=1S/C25H36N2O4/c1-18(2)27(19(3)4)25(28)20-9-14-23(24(17-20)29-5)31-16-8-6-7-15-30-22-12-10-21(26)11-13-22/h9-14,17-19H,6-8,15-16,26H2,1-5H3. The van der Waals surface area contributed by atoms with Gasteiger partial charge in [0.05, 0.1) is 20.3 Å². The normalized spacial score (nSPS) is 10.9. The monoisotopic (exact) mass is 428 g/mol. The van der Waals surface area contributed by atoms with Crippen LogP contribution in [0.15, 0.2) is 42.5 Å². The van der Waals surface area contributed by atoms with E-state index in [-0.39, 0.29) is 18.0 Å². The van der Waals surface area contributed by atoms with Gasteiger partial charge in [-0.25, -0.2) is 0 Å². The molecule has 31 heavy (non-hydrogen) atoms. The highest BCUT2D eigenvalue weighted by atomic mass is 16.5. The van der Waals surface area contributed by atoms with Crippen LogP contribution in [0, 0.1) is 0 Å². The van der Waals surface area contributed by atoms with E-state index in [1.54, 1.807) is 19.2 Å². The van der Waals surface area contributed by atoms with E-state index in [1.807, 2.05) is 62.9 Å². The number of unbranched alkanes of at least 4 members (excludes halogenated alkanes) is 2. The molecule has 1 amide bonds. The molecule has 0 radical (unpaired) electrons. The van der Waals surface area contributed by atoms with Crippen LogP contribution in [0.5, 0.6) is 17.2 Å². The number of rotatable bonds is 12. The molecule has 2 aromatic rings. The molecule has 0 spiro atoms. The molecule has 0 saturated carbocycles. The molecule has 0 heterocycles. The number of carbonyl (C=O) groups is 1. The minimum atomic E-state index is -0.00375. The van der Waals surface area contributed by atoms with Crippen molar-refractivity contribution in [3.63, 3.8) is 0 Å². The maximum Gasteiger partial charge on any atom is 0.254 e. The molecule has 0 aliphatic carbocycles. The van der Waals surface area contributed by atoms with Crippen LogP contribution in [-0.2, 0) is 0 Å². The Balaban J connectivity index is 1.80. The first-order valence-electron chi connectivity index (χ1n) is 10.9. The van der Waals surface area contributed by atoms with Crippen molar-refractivity contribution in [2.75, 3.05) is 26.1 Å². The van der Waals surface area contributed by atoms with Gasteiger partial charge in [-0.15, -0.1) is 0 Å². The third kappa shape index (κ3) is 7.39. The van der Waals surface area contributed by atoms with Gasteiger partial charge < -0.3 is 24.8 Å². The van der Waals surface area contributed by atoms with Crippen molar-refractivity contribution in [2.45, 2.75) is 59.0 Å². The minimum absolute atomic E-state index is 0.00375. The number of carbonyl (C=O) groups excluding carboxylic acids is 1. The van der Waals surface area contributed by atoms with E-state index in [2.05, 4.69) is 0 Å². The fourth-order valence-electron chi connectivity index (χ4n) is 3.45. The number of benzene rings is 2. The summed E-state index contributed by atoms with van der Waals surface area (Å²) in [5, 5.41) is 0. The number of hydrogen-bond donors (Lipinski definition) is 1. The van der Waals surface area contributed by atoms with Gasteiger partial charge in [0.15, 0.2) is 11.5 Å². The van der Waals surface area contributed by atoms with Gasteiger partial charge in [0.25, 0.3) is 5.91 Å². The highest BCUT2D eigenvalue weighted by Crippen LogP contribution is 2.29.